The number of pyridine rings is 1. The summed E-state index contributed by atoms with van der Waals surface area (Å²) in [6, 6.07) is 3.69. The van der Waals surface area contributed by atoms with Crippen molar-refractivity contribution in [3.63, 3.8) is 0 Å². The molecule has 1 heterocycles. The zero-order chi connectivity index (χ0) is 15.2. The molecule has 4 nitrogen and oxygen atoms in total. The van der Waals surface area contributed by atoms with Crippen LogP contribution >= 0.6 is 11.6 Å². The van der Waals surface area contributed by atoms with E-state index in [0.29, 0.717) is 18.2 Å². The van der Waals surface area contributed by atoms with E-state index in [1.165, 1.54) is 0 Å². The van der Waals surface area contributed by atoms with Gasteiger partial charge in [0.1, 0.15) is 11.0 Å². The molecule has 0 saturated carbocycles. The monoisotopic (exact) mass is 316 g/mol. The number of hydrogen-bond acceptors (Lipinski definition) is 3. The maximum atomic E-state index is 12.2. The molecular formula is C14H21ClN2O2S. The lowest BCUT2D eigenvalue weighted by Crippen LogP contribution is -2.21. The molecule has 1 aromatic heterocycles. The lowest BCUT2D eigenvalue weighted by Gasteiger charge is -2.16. The smallest absolute Gasteiger partial charge is 0.222 e. The Hall–Kier alpha value is -0.940. The van der Waals surface area contributed by atoms with E-state index in [0.717, 1.165) is 17.7 Å². The van der Waals surface area contributed by atoms with E-state index in [1.54, 1.807) is 13.3 Å². The van der Waals surface area contributed by atoms with Gasteiger partial charge in [-0.15, -0.1) is 11.6 Å². The van der Waals surface area contributed by atoms with Crippen molar-refractivity contribution >= 4 is 28.3 Å². The molecule has 0 amide bonds. The van der Waals surface area contributed by atoms with E-state index in [-0.39, 0.29) is 0 Å². The predicted octanol–water partition coefficient (Wildman–Crippen LogP) is 3.36. The Morgan fingerprint density at radius 1 is 1.50 bits per heavy atom. The molecule has 0 fully saturated rings. The van der Waals surface area contributed by atoms with Crippen molar-refractivity contribution in [2.75, 3.05) is 13.0 Å². The summed E-state index contributed by atoms with van der Waals surface area (Å²) in [4.78, 5) is 4.16. The molecule has 20 heavy (non-hydrogen) atoms. The van der Waals surface area contributed by atoms with Gasteiger partial charge in [-0.2, -0.15) is 4.40 Å². The van der Waals surface area contributed by atoms with Crippen LogP contribution in [0.5, 0.6) is 5.88 Å². The van der Waals surface area contributed by atoms with Crippen LogP contribution in [-0.4, -0.2) is 32.6 Å². The molecule has 0 unspecified atom stereocenters. The van der Waals surface area contributed by atoms with Crippen molar-refractivity contribution in [1.29, 1.82) is 0 Å². The van der Waals surface area contributed by atoms with Crippen LogP contribution in [0.25, 0.3) is 0 Å². The highest BCUT2D eigenvalue weighted by atomic mass is 35.5. The summed E-state index contributed by atoms with van der Waals surface area (Å²) in [7, 11) is 0.241. The molecule has 0 aliphatic rings. The summed E-state index contributed by atoms with van der Waals surface area (Å²) in [5.41, 5.74) is 1.50. The van der Waals surface area contributed by atoms with Crippen LogP contribution in [-0.2, 0) is 11.0 Å². The molecule has 0 spiro atoms. The second kappa shape index (κ2) is 7.74. The van der Waals surface area contributed by atoms with E-state index >= 15 is 0 Å². The number of rotatable bonds is 6. The van der Waals surface area contributed by atoms with Gasteiger partial charge in [-0.25, -0.2) is 9.19 Å². The fourth-order valence-corrected chi connectivity index (χ4v) is 2.27. The van der Waals surface area contributed by atoms with Gasteiger partial charge in [-0.1, -0.05) is 0 Å². The van der Waals surface area contributed by atoms with E-state index in [9.17, 15) is 4.21 Å². The summed E-state index contributed by atoms with van der Waals surface area (Å²) >= 11 is 5.76. The second-order valence-corrected chi connectivity index (χ2v) is 7.54. The first-order valence-corrected chi connectivity index (χ1v) is 8.09. The average molecular weight is 317 g/mol. The summed E-state index contributed by atoms with van der Waals surface area (Å²) in [6.45, 7) is 5.69. The van der Waals surface area contributed by atoms with Crippen molar-refractivity contribution in [2.45, 2.75) is 38.4 Å². The zero-order valence-electron chi connectivity index (χ0n) is 12.4. The first kappa shape index (κ1) is 17.1. The standard InChI is InChI=1S/C14H21ClN2O2S/c1-14(2,3)20(18)17-12(8-5-9-15)11-7-6-10-16-13(11)19-4/h6-7,10H,5,8-9H2,1-4H3/t20-/m0/s1. The van der Waals surface area contributed by atoms with Gasteiger partial charge in [-0.05, 0) is 45.7 Å². The molecule has 1 rings (SSSR count). The second-order valence-electron chi connectivity index (χ2n) is 5.25. The normalized spacial score (nSPS) is 14.2. The minimum Gasteiger partial charge on any atom is -0.481 e. The Morgan fingerprint density at radius 3 is 2.75 bits per heavy atom. The summed E-state index contributed by atoms with van der Waals surface area (Å²) in [5.74, 6) is 1.02. The third-order valence-corrected chi connectivity index (χ3v) is 4.24. The Bertz CT molecular complexity index is 498. The topological polar surface area (TPSA) is 51.6 Å². The van der Waals surface area contributed by atoms with Gasteiger partial charge >= 0.3 is 0 Å². The number of ether oxygens (including phenoxy) is 1. The Morgan fingerprint density at radius 2 is 2.20 bits per heavy atom. The Balaban J connectivity index is 3.18. The van der Waals surface area contributed by atoms with Crippen molar-refractivity contribution in [2.24, 2.45) is 4.40 Å². The fourth-order valence-electron chi connectivity index (χ4n) is 1.47. The average Bonchev–Trinajstić information content (AvgIpc) is 2.42. The van der Waals surface area contributed by atoms with Crippen molar-refractivity contribution < 1.29 is 8.95 Å². The molecular weight excluding hydrogens is 296 g/mol. The van der Waals surface area contributed by atoms with Crippen molar-refractivity contribution in [3.8, 4) is 5.88 Å². The largest absolute Gasteiger partial charge is 0.481 e. The summed E-state index contributed by atoms with van der Waals surface area (Å²) < 4.78 is 21.5. The number of aromatic nitrogens is 1. The molecule has 0 bridgehead atoms. The number of hydrogen-bond donors (Lipinski definition) is 0. The van der Waals surface area contributed by atoms with Gasteiger partial charge in [0.2, 0.25) is 5.88 Å². The number of halogens is 1. The van der Waals surface area contributed by atoms with Crippen molar-refractivity contribution in [1.82, 2.24) is 4.98 Å². The highest BCUT2D eigenvalue weighted by Crippen LogP contribution is 2.21. The van der Waals surface area contributed by atoms with Crippen LogP contribution in [0.2, 0.25) is 0 Å². The third-order valence-electron chi connectivity index (χ3n) is 2.54. The first-order valence-electron chi connectivity index (χ1n) is 6.45. The lowest BCUT2D eigenvalue weighted by atomic mass is 10.1. The molecule has 0 saturated heterocycles. The summed E-state index contributed by atoms with van der Waals surface area (Å²) in [5, 5.41) is 0. The molecule has 112 valence electrons. The number of methoxy groups -OCH3 is 1. The minimum absolute atomic E-state index is 0.401. The third kappa shape index (κ3) is 4.87. The number of nitrogens with zero attached hydrogens (tertiary/aromatic N) is 2. The molecule has 0 aliphatic carbocycles. The highest BCUT2D eigenvalue weighted by Gasteiger charge is 2.21. The minimum atomic E-state index is -1.32. The quantitative estimate of drug-likeness (QED) is 0.597. The molecule has 0 radical (unpaired) electrons. The van der Waals surface area contributed by atoms with Crippen LogP contribution in [0, 0.1) is 0 Å². The van der Waals surface area contributed by atoms with Gasteiger partial charge in [0.05, 0.1) is 23.1 Å². The molecule has 0 aliphatic heterocycles. The van der Waals surface area contributed by atoms with Crippen LogP contribution in [0.1, 0.15) is 39.2 Å². The first-order chi connectivity index (χ1) is 9.40. The summed E-state index contributed by atoms with van der Waals surface area (Å²) in [6.07, 6.45) is 3.06. The van der Waals surface area contributed by atoms with E-state index in [4.69, 9.17) is 16.3 Å². The molecule has 0 aromatic carbocycles. The fraction of sp³-hybridized carbons (Fsp3) is 0.571. The van der Waals surface area contributed by atoms with Gasteiger partial charge in [0.25, 0.3) is 0 Å². The SMILES string of the molecule is COc1ncccc1C(CCCCl)=N[S@@](=O)C(C)(C)C. The Labute approximate surface area is 128 Å². The van der Waals surface area contributed by atoms with Gasteiger partial charge in [0, 0.05) is 12.1 Å². The molecule has 0 N–H and O–H groups in total. The van der Waals surface area contributed by atoms with E-state index < -0.39 is 15.7 Å². The van der Waals surface area contributed by atoms with E-state index in [2.05, 4.69) is 9.38 Å². The molecule has 1 atom stereocenters. The highest BCUT2D eigenvalue weighted by molar-refractivity contribution is 7.85. The number of alkyl halides is 1. The predicted molar refractivity (Wildman–Crippen MR) is 85.2 cm³/mol. The molecule has 6 heteroatoms. The van der Waals surface area contributed by atoms with Crippen molar-refractivity contribution in [3.05, 3.63) is 23.9 Å². The van der Waals surface area contributed by atoms with Gasteiger partial charge in [-0.3, -0.25) is 0 Å². The van der Waals surface area contributed by atoms with E-state index in [1.807, 2.05) is 32.9 Å². The lowest BCUT2D eigenvalue weighted by molar-refractivity contribution is 0.397. The van der Waals surface area contributed by atoms with Gasteiger partial charge in [0.15, 0.2) is 0 Å². The van der Waals surface area contributed by atoms with Crippen LogP contribution in [0.15, 0.2) is 22.7 Å². The maximum absolute atomic E-state index is 12.2. The Kier molecular flexibility index (Phi) is 6.62. The molecule has 1 aromatic rings. The van der Waals surface area contributed by atoms with Crippen LogP contribution < -0.4 is 4.74 Å². The zero-order valence-corrected chi connectivity index (χ0v) is 13.9. The van der Waals surface area contributed by atoms with Crippen LogP contribution in [0.3, 0.4) is 0 Å². The van der Waals surface area contributed by atoms with Crippen LogP contribution in [0.4, 0.5) is 0 Å². The van der Waals surface area contributed by atoms with Gasteiger partial charge < -0.3 is 4.74 Å². The maximum Gasteiger partial charge on any atom is 0.222 e.